The van der Waals surface area contributed by atoms with Crippen LogP contribution in [-0.4, -0.2) is 65.9 Å². The molecule has 25 heavy (non-hydrogen) atoms. The molecule has 0 aliphatic carbocycles. The number of urea groups is 1. The molecule has 0 heterocycles. The molecule has 0 atom stereocenters. The van der Waals surface area contributed by atoms with Crippen molar-refractivity contribution in [2.45, 2.75) is 45.7 Å². The van der Waals surface area contributed by atoms with Crippen molar-refractivity contribution in [2.75, 3.05) is 40.5 Å². The minimum atomic E-state index is -2.11. The van der Waals surface area contributed by atoms with E-state index in [1.165, 1.54) is 0 Å². The predicted molar refractivity (Wildman–Crippen MR) is 101 cm³/mol. The minimum absolute atomic E-state index is 0.136. The number of rotatable bonds is 13. The summed E-state index contributed by atoms with van der Waals surface area (Å²) < 4.78 is 15.9. The Morgan fingerprint density at radius 1 is 1.16 bits per heavy atom. The Hall–Kier alpha value is -1.38. The number of unbranched alkanes of at least 4 members (excludes halogenated alkanes) is 1. The maximum absolute atomic E-state index is 12.3. The highest BCUT2D eigenvalue weighted by Gasteiger charge is 2.28. The fraction of sp³-hybridized carbons (Fsp3) is 0.765. The molecule has 0 aliphatic heterocycles. The first-order valence-corrected chi connectivity index (χ1v) is 11.3. The lowest BCUT2D eigenvalue weighted by Gasteiger charge is -2.26. The first-order chi connectivity index (χ1) is 11.8. The zero-order chi connectivity index (χ0) is 19.3. The van der Waals surface area contributed by atoms with Crippen molar-refractivity contribution in [1.82, 2.24) is 10.2 Å². The Bertz CT molecular complexity index is 427. The van der Waals surface area contributed by atoms with E-state index < -0.39 is 14.5 Å². The standard InChI is InChI=1S/C17H34N2O5Si/c1-7-8-11-19(12-9-14-25(6,22-4)23-5)17(21)18-10-13-24-16(20)15(2)3/h2,7-14H2,1,3-6H3,(H,18,21). The van der Waals surface area contributed by atoms with Crippen molar-refractivity contribution in [2.24, 2.45) is 0 Å². The summed E-state index contributed by atoms with van der Waals surface area (Å²) >= 11 is 0. The lowest BCUT2D eigenvalue weighted by molar-refractivity contribution is -0.138. The maximum Gasteiger partial charge on any atom is 0.334 e. The monoisotopic (exact) mass is 374 g/mol. The highest BCUT2D eigenvalue weighted by Crippen LogP contribution is 2.14. The second-order valence-electron chi connectivity index (χ2n) is 6.13. The number of esters is 1. The molecule has 0 saturated heterocycles. The lowest BCUT2D eigenvalue weighted by atomic mass is 10.3. The average molecular weight is 375 g/mol. The van der Waals surface area contributed by atoms with E-state index in [4.69, 9.17) is 13.6 Å². The Morgan fingerprint density at radius 3 is 2.28 bits per heavy atom. The Kier molecular flexibility index (Phi) is 12.2. The molecule has 0 spiro atoms. The van der Waals surface area contributed by atoms with E-state index >= 15 is 0 Å². The Balaban J connectivity index is 4.32. The van der Waals surface area contributed by atoms with E-state index in [9.17, 15) is 9.59 Å². The SMILES string of the molecule is C=C(C)C(=O)OCCNC(=O)N(CCCC)CCC[Si](C)(OC)OC. The van der Waals surface area contributed by atoms with Crippen LogP contribution in [0.1, 0.15) is 33.1 Å². The molecule has 0 rings (SSSR count). The molecule has 1 N–H and O–H groups in total. The van der Waals surface area contributed by atoms with Crippen LogP contribution >= 0.6 is 0 Å². The average Bonchev–Trinajstić information content (AvgIpc) is 2.60. The van der Waals surface area contributed by atoms with Gasteiger partial charge >= 0.3 is 20.6 Å². The van der Waals surface area contributed by atoms with Crippen LogP contribution in [0.4, 0.5) is 4.79 Å². The third-order valence-corrected chi connectivity index (χ3v) is 6.94. The molecule has 0 aromatic carbocycles. The molecule has 0 radical (unpaired) electrons. The van der Waals surface area contributed by atoms with E-state index in [0.717, 1.165) is 25.3 Å². The smallest absolute Gasteiger partial charge is 0.334 e. The van der Waals surface area contributed by atoms with Gasteiger partial charge in [-0.25, -0.2) is 9.59 Å². The van der Waals surface area contributed by atoms with Gasteiger partial charge in [-0.3, -0.25) is 0 Å². The van der Waals surface area contributed by atoms with Gasteiger partial charge in [0.25, 0.3) is 0 Å². The topological polar surface area (TPSA) is 77.1 Å². The van der Waals surface area contributed by atoms with Gasteiger partial charge in [-0.2, -0.15) is 0 Å². The van der Waals surface area contributed by atoms with Gasteiger partial charge in [0, 0.05) is 32.9 Å². The third kappa shape index (κ3) is 10.3. The molecule has 0 bridgehead atoms. The van der Waals surface area contributed by atoms with Crippen molar-refractivity contribution in [3.8, 4) is 0 Å². The summed E-state index contributed by atoms with van der Waals surface area (Å²) in [7, 11) is 1.23. The van der Waals surface area contributed by atoms with Gasteiger partial charge < -0.3 is 23.8 Å². The third-order valence-electron chi connectivity index (χ3n) is 3.95. The van der Waals surface area contributed by atoms with Crippen molar-refractivity contribution < 1.29 is 23.2 Å². The van der Waals surface area contributed by atoms with Gasteiger partial charge in [0.1, 0.15) is 6.61 Å². The molecular weight excluding hydrogens is 340 g/mol. The van der Waals surface area contributed by atoms with Gasteiger partial charge in [0.15, 0.2) is 0 Å². The Morgan fingerprint density at radius 2 is 1.76 bits per heavy atom. The van der Waals surface area contributed by atoms with Crippen molar-refractivity contribution >= 4 is 20.6 Å². The second kappa shape index (κ2) is 12.9. The van der Waals surface area contributed by atoms with Crippen molar-refractivity contribution in [3.05, 3.63) is 12.2 Å². The molecule has 146 valence electrons. The summed E-state index contributed by atoms with van der Waals surface area (Å²) in [5, 5.41) is 2.79. The van der Waals surface area contributed by atoms with Crippen LogP contribution in [0.2, 0.25) is 12.6 Å². The van der Waals surface area contributed by atoms with Crippen LogP contribution in [0.25, 0.3) is 0 Å². The van der Waals surface area contributed by atoms with Crippen LogP contribution in [0.15, 0.2) is 12.2 Å². The fourth-order valence-electron chi connectivity index (χ4n) is 2.08. The van der Waals surface area contributed by atoms with Crippen LogP contribution in [0.5, 0.6) is 0 Å². The molecule has 2 amide bonds. The summed E-state index contributed by atoms with van der Waals surface area (Å²) in [4.78, 5) is 25.4. The fourth-order valence-corrected chi connectivity index (χ4v) is 3.45. The molecular formula is C17H34N2O5Si. The van der Waals surface area contributed by atoms with Gasteiger partial charge in [-0.05, 0) is 32.4 Å². The highest BCUT2D eigenvalue weighted by molar-refractivity contribution is 6.65. The van der Waals surface area contributed by atoms with E-state index in [2.05, 4.69) is 18.8 Å². The molecule has 0 aromatic heterocycles. The molecule has 0 fully saturated rings. The Labute approximate surface area is 152 Å². The number of amides is 2. The van der Waals surface area contributed by atoms with Crippen LogP contribution in [0.3, 0.4) is 0 Å². The van der Waals surface area contributed by atoms with Crippen LogP contribution in [-0.2, 0) is 18.4 Å². The predicted octanol–water partition coefficient (Wildman–Crippen LogP) is 2.67. The van der Waals surface area contributed by atoms with Crippen molar-refractivity contribution in [3.63, 3.8) is 0 Å². The molecule has 0 saturated carbocycles. The van der Waals surface area contributed by atoms with Crippen LogP contribution in [0, 0.1) is 0 Å². The number of hydrogen-bond donors (Lipinski definition) is 1. The molecule has 0 aromatic rings. The van der Waals surface area contributed by atoms with Gasteiger partial charge in [-0.15, -0.1) is 0 Å². The van der Waals surface area contributed by atoms with Gasteiger partial charge in [-0.1, -0.05) is 19.9 Å². The molecule has 7 nitrogen and oxygen atoms in total. The molecule has 0 aliphatic rings. The molecule has 0 unspecified atom stereocenters. The number of carbonyl (C=O) groups excluding carboxylic acids is 2. The maximum atomic E-state index is 12.3. The number of ether oxygens (including phenoxy) is 1. The minimum Gasteiger partial charge on any atom is -0.460 e. The number of nitrogens with one attached hydrogen (secondary N) is 1. The first kappa shape index (κ1) is 23.6. The number of carbonyl (C=O) groups is 2. The zero-order valence-electron chi connectivity index (χ0n) is 16.4. The first-order valence-electron chi connectivity index (χ1n) is 8.75. The van der Waals surface area contributed by atoms with E-state index in [1.54, 1.807) is 26.0 Å². The van der Waals surface area contributed by atoms with E-state index in [0.29, 0.717) is 18.7 Å². The molecule has 8 heteroatoms. The summed E-state index contributed by atoms with van der Waals surface area (Å²) in [5.41, 5.74) is 0.347. The van der Waals surface area contributed by atoms with E-state index in [1.807, 2.05) is 6.55 Å². The quantitative estimate of drug-likeness (QED) is 0.232. The number of nitrogens with zero attached hydrogens (tertiary/aromatic N) is 1. The summed E-state index contributed by atoms with van der Waals surface area (Å²) in [6, 6.07) is 0.685. The highest BCUT2D eigenvalue weighted by atomic mass is 28.4. The van der Waals surface area contributed by atoms with Crippen LogP contribution < -0.4 is 5.32 Å². The zero-order valence-corrected chi connectivity index (χ0v) is 17.4. The number of hydrogen-bond acceptors (Lipinski definition) is 5. The summed E-state index contributed by atoms with van der Waals surface area (Å²) in [6.45, 7) is 11.0. The van der Waals surface area contributed by atoms with Gasteiger partial charge in [0.2, 0.25) is 0 Å². The van der Waals surface area contributed by atoms with Crippen molar-refractivity contribution in [1.29, 1.82) is 0 Å². The lowest BCUT2D eigenvalue weighted by Crippen LogP contribution is -2.43. The summed E-state index contributed by atoms with van der Waals surface area (Å²) in [5.74, 6) is -0.444. The van der Waals surface area contributed by atoms with E-state index in [-0.39, 0.29) is 19.2 Å². The van der Waals surface area contributed by atoms with Gasteiger partial charge in [0.05, 0.1) is 6.54 Å². The normalized spacial score (nSPS) is 11.1. The summed E-state index contributed by atoms with van der Waals surface area (Å²) in [6.07, 6.45) is 2.79. The second-order valence-corrected chi connectivity index (χ2v) is 9.72. The largest absolute Gasteiger partial charge is 0.460 e.